The van der Waals surface area contributed by atoms with Crippen LogP contribution in [0.4, 0.5) is 9.18 Å². The van der Waals surface area contributed by atoms with Gasteiger partial charge in [0.1, 0.15) is 31.2 Å². The predicted molar refractivity (Wildman–Crippen MR) is 99.0 cm³/mol. The summed E-state index contributed by atoms with van der Waals surface area (Å²) >= 11 is 0. The van der Waals surface area contributed by atoms with Crippen LogP contribution in [0.3, 0.4) is 0 Å². The highest BCUT2D eigenvalue weighted by molar-refractivity contribution is 5.60. The van der Waals surface area contributed by atoms with Gasteiger partial charge in [0.05, 0.1) is 13.2 Å². The monoisotopic (exact) mass is 404 g/mol. The Morgan fingerprint density at radius 2 is 1.96 bits per heavy atom. The number of aliphatic hydroxyl groups is 1. The number of rotatable bonds is 9. The topological polar surface area (TPSA) is 109 Å². The molecule has 10 heteroatoms. The number of aryl methyl sites for hydroxylation is 1. The Labute approximate surface area is 162 Å². The Bertz CT molecular complexity index is 767. The van der Waals surface area contributed by atoms with E-state index in [4.69, 9.17) is 19.3 Å². The van der Waals surface area contributed by atoms with Gasteiger partial charge in [0.2, 0.25) is 0 Å². The molecule has 0 aromatic carbocycles. The van der Waals surface area contributed by atoms with Crippen LogP contribution in [0, 0.1) is 6.92 Å². The Kier molecular flexibility index (Phi) is 8.83. The summed E-state index contributed by atoms with van der Waals surface area (Å²) in [5, 5.41) is 9.03. The predicted octanol–water partition coefficient (Wildman–Crippen LogP) is 1.35. The summed E-state index contributed by atoms with van der Waals surface area (Å²) in [5.74, 6) is 0. The van der Waals surface area contributed by atoms with Gasteiger partial charge in [-0.1, -0.05) is 6.92 Å². The fraction of sp³-hybridized carbons (Fsp3) is 0.722. The van der Waals surface area contributed by atoms with Crippen LogP contribution >= 0.6 is 0 Å². The molecule has 28 heavy (non-hydrogen) atoms. The minimum Gasteiger partial charge on any atom is -0.431 e. The minimum atomic E-state index is -1.44. The third kappa shape index (κ3) is 7.08. The van der Waals surface area contributed by atoms with Gasteiger partial charge >= 0.3 is 11.8 Å². The average Bonchev–Trinajstić information content (AvgIpc) is 2.60. The molecule has 0 fully saturated rings. The van der Waals surface area contributed by atoms with E-state index in [-0.39, 0.29) is 31.9 Å². The standard InChI is InChI=1S/C18H29FN2O7/c1-6-13(19)14(10-26-17(25)28-18(3,4)5)27-11-20-9-12(2)15(23)21(7-8-22)16(20)24/h9,13-14,22H,6-8,10-11H2,1-5H3/t13-,14?/m0/s1. The summed E-state index contributed by atoms with van der Waals surface area (Å²) in [6, 6.07) is 0. The molecule has 1 aromatic rings. The summed E-state index contributed by atoms with van der Waals surface area (Å²) in [6.45, 7) is 6.83. The lowest BCUT2D eigenvalue weighted by Crippen LogP contribution is -2.42. The second-order valence-electron chi connectivity index (χ2n) is 7.28. The second-order valence-corrected chi connectivity index (χ2v) is 7.28. The van der Waals surface area contributed by atoms with Crippen LogP contribution in [0.1, 0.15) is 39.7 Å². The molecule has 1 heterocycles. The number of hydrogen-bond donors (Lipinski definition) is 1. The zero-order valence-electron chi connectivity index (χ0n) is 16.9. The third-order valence-electron chi connectivity index (χ3n) is 3.71. The molecule has 0 aliphatic rings. The van der Waals surface area contributed by atoms with E-state index in [0.29, 0.717) is 0 Å². The van der Waals surface area contributed by atoms with Crippen molar-refractivity contribution in [3.8, 4) is 0 Å². The molecule has 0 amide bonds. The van der Waals surface area contributed by atoms with Gasteiger partial charge in [-0.05, 0) is 34.1 Å². The lowest BCUT2D eigenvalue weighted by Gasteiger charge is -2.23. The normalized spacial score (nSPS) is 13.8. The molecule has 0 radical (unpaired) electrons. The number of hydrogen-bond acceptors (Lipinski definition) is 7. The van der Waals surface area contributed by atoms with Crippen LogP contribution in [-0.4, -0.2) is 51.5 Å². The van der Waals surface area contributed by atoms with E-state index in [1.807, 2.05) is 0 Å². The molecule has 9 nitrogen and oxygen atoms in total. The van der Waals surface area contributed by atoms with Gasteiger partial charge in [0.15, 0.2) is 0 Å². The van der Waals surface area contributed by atoms with Gasteiger partial charge < -0.3 is 19.3 Å². The van der Waals surface area contributed by atoms with Crippen molar-refractivity contribution < 1.29 is 28.5 Å². The maximum Gasteiger partial charge on any atom is 0.508 e. The highest BCUT2D eigenvalue weighted by atomic mass is 19.1. The van der Waals surface area contributed by atoms with Gasteiger partial charge in [0, 0.05) is 11.8 Å². The quantitative estimate of drug-likeness (QED) is 0.619. The van der Waals surface area contributed by atoms with E-state index in [1.165, 1.54) is 13.1 Å². The van der Waals surface area contributed by atoms with Gasteiger partial charge in [-0.3, -0.25) is 13.9 Å². The average molecular weight is 404 g/mol. The summed E-state index contributed by atoms with van der Waals surface area (Å²) in [6.07, 6.45) is -2.11. The molecule has 160 valence electrons. The van der Waals surface area contributed by atoms with E-state index in [9.17, 15) is 18.8 Å². The molecule has 2 atom stereocenters. The highest BCUT2D eigenvalue weighted by Gasteiger charge is 2.25. The number of ether oxygens (including phenoxy) is 3. The van der Waals surface area contributed by atoms with Crippen molar-refractivity contribution in [1.29, 1.82) is 0 Å². The van der Waals surface area contributed by atoms with Crippen molar-refractivity contribution in [1.82, 2.24) is 9.13 Å². The van der Waals surface area contributed by atoms with Crippen molar-refractivity contribution in [2.45, 2.75) is 72.2 Å². The number of nitrogens with zero attached hydrogens (tertiary/aromatic N) is 2. The fourth-order valence-corrected chi connectivity index (χ4v) is 2.31. The smallest absolute Gasteiger partial charge is 0.431 e. The fourth-order valence-electron chi connectivity index (χ4n) is 2.31. The van der Waals surface area contributed by atoms with Crippen LogP contribution in [0.2, 0.25) is 0 Å². The van der Waals surface area contributed by atoms with Crippen molar-refractivity contribution in [2.24, 2.45) is 0 Å². The summed E-state index contributed by atoms with van der Waals surface area (Å²) < 4.78 is 31.5. The molecule has 0 aliphatic carbocycles. The van der Waals surface area contributed by atoms with Crippen LogP contribution in [0.25, 0.3) is 0 Å². The minimum absolute atomic E-state index is 0.111. The van der Waals surface area contributed by atoms with E-state index < -0.39 is 41.9 Å². The van der Waals surface area contributed by atoms with Crippen molar-refractivity contribution in [3.63, 3.8) is 0 Å². The van der Waals surface area contributed by atoms with Gasteiger partial charge in [-0.2, -0.15) is 0 Å². The Balaban J connectivity index is 2.88. The number of carbonyl (C=O) groups excluding carboxylic acids is 1. The number of carbonyl (C=O) groups is 1. The molecule has 1 unspecified atom stereocenters. The van der Waals surface area contributed by atoms with E-state index in [0.717, 1.165) is 9.13 Å². The van der Waals surface area contributed by atoms with Crippen LogP contribution in [0.15, 0.2) is 15.8 Å². The Hall–Kier alpha value is -2.20. The Morgan fingerprint density at radius 1 is 1.32 bits per heavy atom. The van der Waals surface area contributed by atoms with Gasteiger partial charge in [-0.25, -0.2) is 14.0 Å². The molecule has 0 spiro atoms. The molecule has 0 aliphatic heterocycles. The van der Waals surface area contributed by atoms with Gasteiger partial charge in [0.25, 0.3) is 5.56 Å². The summed E-state index contributed by atoms with van der Waals surface area (Å²) in [4.78, 5) is 36.0. The Morgan fingerprint density at radius 3 is 2.50 bits per heavy atom. The highest BCUT2D eigenvalue weighted by Crippen LogP contribution is 2.12. The zero-order valence-corrected chi connectivity index (χ0v) is 16.9. The van der Waals surface area contributed by atoms with Crippen LogP contribution < -0.4 is 11.2 Å². The van der Waals surface area contributed by atoms with Crippen molar-refractivity contribution in [2.75, 3.05) is 13.2 Å². The summed E-state index contributed by atoms with van der Waals surface area (Å²) in [5.41, 5.74) is -1.69. The first-order valence-corrected chi connectivity index (χ1v) is 9.03. The number of halogens is 1. The van der Waals surface area contributed by atoms with Gasteiger partial charge in [-0.15, -0.1) is 0 Å². The summed E-state index contributed by atoms with van der Waals surface area (Å²) in [7, 11) is 0. The number of alkyl halides is 1. The molecule has 1 aromatic heterocycles. The number of aliphatic hydroxyl groups excluding tert-OH is 1. The lowest BCUT2D eigenvalue weighted by atomic mass is 10.2. The molecule has 1 N–H and O–H groups in total. The number of aromatic nitrogens is 2. The second kappa shape index (κ2) is 10.4. The first-order valence-electron chi connectivity index (χ1n) is 9.03. The maximum absolute atomic E-state index is 14.2. The maximum atomic E-state index is 14.2. The van der Waals surface area contributed by atoms with Crippen molar-refractivity contribution >= 4 is 6.16 Å². The van der Waals surface area contributed by atoms with E-state index in [2.05, 4.69) is 0 Å². The molecule has 0 saturated heterocycles. The molecular formula is C18H29FN2O7. The molecule has 0 bridgehead atoms. The molecule has 0 saturated carbocycles. The van der Waals surface area contributed by atoms with Crippen molar-refractivity contribution in [3.05, 3.63) is 32.6 Å². The largest absolute Gasteiger partial charge is 0.508 e. The third-order valence-corrected chi connectivity index (χ3v) is 3.71. The molecule has 1 rings (SSSR count). The van der Waals surface area contributed by atoms with E-state index in [1.54, 1.807) is 27.7 Å². The first-order chi connectivity index (χ1) is 13.0. The van der Waals surface area contributed by atoms with Crippen LogP contribution in [0.5, 0.6) is 0 Å². The van der Waals surface area contributed by atoms with E-state index >= 15 is 0 Å². The van der Waals surface area contributed by atoms with Crippen LogP contribution in [-0.2, 0) is 27.5 Å². The SMILES string of the molecule is CC[C@H](F)C(COC(=O)OC(C)(C)C)OCn1cc(C)c(=O)n(CCO)c1=O. The zero-order chi connectivity index (χ0) is 21.5. The lowest BCUT2D eigenvalue weighted by molar-refractivity contribution is -0.0840. The molecular weight excluding hydrogens is 375 g/mol. The first kappa shape index (κ1) is 23.8.